The van der Waals surface area contributed by atoms with E-state index in [9.17, 15) is 4.79 Å². The highest BCUT2D eigenvalue weighted by Crippen LogP contribution is 2.28. The van der Waals surface area contributed by atoms with Crippen molar-refractivity contribution in [2.45, 2.75) is 32.2 Å². The van der Waals surface area contributed by atoms with Gasteiger partial charge in [0.15, 0.2) is 0 Å². The maximum Gasteiger partial charge on any atom is 0.226 e. The van der Waals surface area contributed by atoms with Crippen molar-refractivity contribution in [2.75, 3.05) is 18.5 Å². The Morgan fingerprint density at radius 3 is 3.11 bits per heavy atom. The predicted octanol–water partition coefficient (Wildman–Crippen LogP) is 2.93. The maximum atomic E-state index is 12.0. The van der Waals surface area contributed by atoms with E-state index < -0.39 is 0 Å². The zero-order valence-corrected chi connectivity index (χ0v) is 12.6. The molecule has 1 heterocycles. The second-order valence-corrected chi connectivity index (χ2v) is 5.53. The van der Waals surface area contributed by atoms with Crippen molar-refractivity contribution in [3.05, 3.63) is 22.7 Å². The molecule has 1 aliphatic heterocycles. The molecule has 0 bridgehead atoms. The molecule has 2 N–H and O–H groups in total. The highest BCUT2D eigenvalue weighted by molar-refractivity contribution is 9.10. The molecule has 1 aliphatic rings. The summed E-state index contributed by atoms with van der Waals surface area (Å²) in [6.07, 6.45) is 2.74. The van der Waals surface area contributed by atoms with E-state index in [1.54, 1.807) is 0 Å². The molecule has 1 fully saturated rings. The normalized spacial score (nSPS) is 18.3. The number of benzene rings is 1. The van der Waals surface area contributed by atoms with Gasteiger partial charge < -0.3 is 15.4 Å². The van der Waals surface area contributed by atoms with Crippen LogP contribution >= 0.6 is 15.9 Å². The number of halogens is 1. The molecule has 1 unspecified atom stereocenters. The molecular formula is C14H19BrN2O2. The monoisotopic (exact) mass is 326 g/mol. The van der Waals surface area contributed by atoms with Crippen LogP contribution in [-0.4, -0.2) is 25.1 Å². The van der Waals surface area contributed by atoms with Gasteiger partial charge in [-0.25, -0.2) is 0 Å². The molecule has 1 aromatic carbocycles. The summed E-state index contributed by atoms with van der Waals surface area (Å²) in [5, 5.41) is 6.25. The first-order chi connectivity index (χ1) is 9.19. The molecule has 0 radical (unpaired) electrons. The van der Waals surface area contributed by atoms with Crippen LogP contribution in [0.2, 0.25) is 0 Å². The minimum absolute atomic E-state index is 0.0263. The number of carbonyl (C=O) groups is 1. The third kappa shape index (κ3) is 4.21. The van der Waals surface area contributed by atoms with E-state index in [0.717, 1.165) is 29.5 Å². The van der Waals surface area contributed by atoms with E-state index >= 15 is 0 Å². The first kappa shape index (κ1) is 14.3. The smallest absolute Gasteiger partial charge is 0.226 e. The van der Waals surface area contributed by atoms with Crippen molar-refractivity contribution in [1.29, 1.82) is 0 Å². The van der Waals surface area contributed by atoms with E-state index in [-0.39, 0.29) is 5.91 Å². The van der Waals surface area contributed by atoms with Crippen LogP contribution in [0.1, 0.15) is 26.2 Å². The molecular weight excluding hydrogens is 308 g/mol. The van der Waals surface area contributed by atoms with E-state index in [1.165, 1.54) is 0 Å². The fraction of sp³-hybridized carbons (Fsp3) is 0.500. The van der Waals surface area contributed by atoms with Crippen LogP contribution in [0.5, 0.6) is 5.75 Å². The Morgan fingerprint density at radius 2 is 2.42 bits per heavy atom. The van der Waals surface area contributed by atoms with Crippen molar-refractivity contribution < 1.29 is 9.53 Å². The zero-order valence-electron chi connectivity index (χ0n) is 11.0. The number of ether oxygens (including phenoxy) is 1. The van der Waals surface area contributed by atoms with E-state index in [1.807, 2.05) is 25.1 Å². The molecule has 1 saturated heterocycles. The SMILES string of the molecule is CCOc1ccc(Br)cc1NC(=O)CC1CCCN1. The van der Waals surface area contributed by atoms with Gasteiger partial charge in [-0.15, -0.1) is 0 Å². The van der Waals surface area contributed by atoms with Crippen molar-refractivity contribution in [3.8, 4) is 5.75 Å². The number of hydrogen-bond donors (Lipinski definition) is 2. The van der Waals surface area contributed by atoms with Gasteiger partial charge in [-0.05, 0) is 44.5 Å². The number of hydrogen-bond acceptors (Lipinski definition) is 3. The van der Waals surface area contributed by atoms with Crippen LogP contribution in [0.4, 0.5) is 5.69 Å². The minimum atomic E-state index is 0.0263. The van der Waals surface area contributed by atoms with Crippen LogP contribution in [0.25, 0.3) is 0 Å². The average molecular weight is 327 g/mol. The Morgan fingerprint density at radius 1 is 1.58 bits per heavy atom. The number of rotatable bonds is 5. The zero-order chi connectivity index (χ0) is 13.7. The summed E-state index contributed by atoms with van der Waals surface area (Å²) < 4.78 is 6.43. The molecule has 2 rings (SSSR count). The van der Waals surface area contributed by atoms with Crippen molar-refractivity contribution in [2.24, 2.45) is 0 Å². The molecule has 4 nitrogen and oxygen atoms in total. The highest BCUT2D eigenvalue weighted by Gasteiger charge is 2.18. The molecule has 1 aromatic rings. The summed E-state index contributed by atoms with van der Waals surface area (Å²) in [5.74, 6) is 0.733. The van der Waals surface area contributed by atoms with Gasteiger partial charge >= 0.3 is 0 Å². The maximum absolute atomic E-state index is 12.0. The van der Waals surface area contributed by atoms with Gasteiger partial charge in [-0.1, -0.05) is 15.9 Å². The van der Waals surface area contributed by atoms with Crippen LogP contribution in [0.15, 0.2) is 22.7 Å². The van der Waals surface area contributed by atoms with Crippen LogP contribution in [0.3, 0.4) is 0 Å². The van der Waals surface area contributed by atoms with Gasteiger partial charge in [0.25, 0.3) is 0 Å². The van der Waals surface area contributed by atoms with Crippen molar-refractivity contribution in [3.63, 3.8) is 0 Å². The summed E-state index contributed by atoms with van der Waals surface area (Å²) in [5.41, 5.74) is 0.722. The summed E-state index contributed by atoms with van der Waals surface area (Å²) in [6.45, 7) is 3.52. The third-order valence-corrected chi connectivity index (χ3v) is 3.60. The first-order valence-corrected chi connectivity index (χ1v) is 7.44. The average Bonchev–Trinajstić information content (AvgIpc) is 2.85. The fourth-order valence-corrected chi connectivity index (χ4v) is 2.60. The summed E-state index contributed by atoms with van der Waals surface area (Å²) in [4.78, 5) is 12.0. The standard InChI is InChI=1S/C14H19BrN2O2/c1-2-19-13-6-5-10(15)8-12(13)17-14(18)9-11-4-3-7-16-11/h5-6,8,11,16H,2-4,7,9H2,1H3,(H,17,18). The minimum Gasteiger partial charge on any atom is -0.492 e. The van der Waals surface area contributed by atoms with Gasteiger partial charge in [-0.3, -0.25) is 4.79 Å². The molecule has 5 heteroatoms. The molecule has 104 valence electrons. The number of amides is 1. The second-order valence-electron chi connectivity index (χ2n) is 4.62. The molecule has 1 atom stereocenters. The Hall–Kier alpha value is -1.07. The lowest BCUT2D eigenvalue weighted by Gasteiger charge is -2.14. The van der Waals surface area contributed by atoms with Crippen LogP contribution in [0, 0.1) is 0 Å². The molecule has 0 aromatic heterocycles. The van der Waals surface area contributed by atoms with Gasteiger partial charge in [0, 0.05) is 16.9 Å². The first-order valence-electron chi connectivity index (χ1n) is 6.64. The topological polar surface area (TPSA) is 50.4 Å². The molecule has 0 saturated carbocycles. The van der Waals surface area contributed by atoms with Crippen molar-refractivity contribution in [1.82, 2.24) is 5.32 Å². The second kappa shape index (κ2) is 6.91. The quantitative estimate of drug-likeness (QED) is 0.874. The Balaban J connectivity index is 2.00. The number of carbonyl (C=O) groups excluding carboxylic acids is 1. The largest absolute Gasteiger partial charge is 0.492 e. The highest BCUT2D eigenvalue weighted by atomic mass is 79.9. The van der Waals surface area contributed by atoms with Gasteiger partial charge in [0.2, 0.25) is 5.91 Å². The van der Waals surface area contributed by atoms with Crippen LogP contribution < -0.4 is 15.4 Å². The van der Waals surface area contributed by atoms with Crippen LogP contribution in [-0.2, 0) is 4.79 Å². The molecule has 0 spiro atoms. The predicted molar refractivity (Wildman–Crippen MR) is 79.6 cm³/mol. The Bertz CT molecular complexity index is 445. The lowest BCUT2D eigenvalue weighted by atomic mass is 10.1. The third-order valence-electron chi connectivity index (χ3n) is 3.11. The van der Waals surface area contributed by atoms with E-state index in [4.69, 9.17) is 4.74 Å². The number of anilines is 1. The lowest BCUT2D eigenvalue weighted by molar-refractivity contribution is -0.116. The number of nitrogens with one attached hydrogen (secondary N) is 2. The molecule has 19 heavy (non-hydrogen) atoms. The van der Waals surface area contributed by atoms with E-state index in [2.05, 4.69) is 26.6 Å². The molecule has 1 amide bonds. The summed E-state index contributed by atoms with van der Waals surface area (Å²) in [7, 11) is 0. The fourth-order valence-electron chi connectivity index (χ4n) is 2.24. The Kier molecular flexibility index (Phi) is 5.22. The molecule has 0 aliphatic carbocycles. The Labute approximate surface area is 122 Å². The van der Waals surface area contributed by atoms with Gasteiger partial charge in [0.05, 0.1) is 12.3 Å². The summed E-state index contributed by atoms with van der Waals surface area (Å²) in [6, 6.07) is 5.93. The van der Waals surface area contributed by atoms with Crippen molar-refractivity contribution >= 4 is 27.5 Å². The summed E-state index contributed by atoms with van der Waals surface area (Å²) >= 11 is 3.41. The van der Waals surface area contributed by atoms with E-state index in [0.29, 0.717) is 24.8 Å². The van der Waals surface area contributed by atoms with Gasteiger partial charge in [-0.2, -0.15) is 0 Å². The lowest BCUT2D eigenvalue weighted by Crippen LogP contribution is -2.27. The van der Waals surface area contributed by atoms with Gasteiger partial charge in [0.1, 0.15) is 5.75 Å².